The molecule has 1 aromatic rings. The lowest BCUT2D eigenvalue weighted by Gasteiger charge is -2.09. The number of esters is 1. The van der Waals surface area contributed by atoms with Gasteiger partial charge in [0.15, 0.2) is 0 Å². The van der Waals surface area contributed by atoms with Gasteiger partial charge in [-0.15, -0.1) is 0 Å². The van der Waals surface area contributed by atoms with E-state index in [4.69, 9.17) is 4.74 Å². The van der Waals surface area contributed by atoms with Gasteiger partial charge in [0, 0.05) is 12.1 Å². The number of carbonyl (C=O) groups is 1. The third kappa shape index (κ3) is 1.77. The molecule has 1 aliphatic rings. The standard InChI is InChI=1S/C13H17NO2/c1-4-16-13(15)12-7-10-9(3)8(2)5-6-11(10)14-12/h5-6,12,14H,4,7H2,1-3H3. The van der Waals surface area contributed by atoms with Crippen molar-refractivity contribution < 1.29 is 9.53 Å². The molecule has 3 nitrogen and oxygen atoms in total. The highest BCUT2D eigenvalue weighted by Crippen LogP contribution is 2.30. The zero-order valence-corrected chi connectivity index (χ0v) is 9.96. The van der Waals surface area contributed by atoms with E-state index < -0.39 is 0 Å². The molecule has 1 unspecified atom stereocenters. The van der Waals surface area contributed by atoms with Crippen LogP contribution in [-0.2, 0) is 16.0 Å². The van der Waals surface area contributed by atoms with Crippen LogP contribution in [0.1, 0.15) is 23.6 Å². The molecule has 0 aliphatic carbocycles. The smallest absolute Gasteiger partial charge is 0.328 e. The van der Waals surface area contributed by atoms with Gasteiger partial charge in [-0.3, -0.25) is 0 Å². The van der Waals surface area contributed by atoms with E-state index in [2.05, 4.69) is 25.2 Å². The first-order valence-electron chi connectivity index (χ1n) is 5.65. The van der Waals surface area contributed by atoms with Gasteiger partial charge < -0.3 is 10.1 Å². The quantitative estimate of drug-likeness (QED) is 0.775. The molecule has 0 fully saturated rings. The van der Waals surface area contributed by atoms with Gasteiger partial charge in [0.25, 0.3) is 0 Å². The number of ether oxygens (including phenoxy) is 1. The van der Waals surface area contributed by atoms with E-state index in [0.29, 0.717) is 6.61 Å². The molecule has 3 heteroatoms. The van der Waals surface area contributed by atoms with Crippen LogP contribution in [0.25, 0.3) is 0 Å². The lowest BCUT2D eigenvalue weighted by molar-refractivity contribution is -0.143. The van der Waals surface area contributed by atoms with Gasteiger partial charge in [-0.1, -0.05) is 6.07 Å². The van der Waals surface area contributed by atoms with Crippen LogP contribution in [0.2, 0.25) is 0 Å². The summed E-state index contributed by atoms with van der Waals surface area (Å²) in [5.41, 5.74) is 4.86. The molecule has 1 aliphatic heterocycles. The number of anilines is 1. The Kier molecular flexibility index (Phi) is 2.86. The maximum atomic E-state index is 11.6. The van der Waals surface area contributed by atoms with E-state index in [1.165, 1.54) is 16.7 Å². The molecule has 0 amide bonds. The largest absolute Gasteiger partial charge is 0.464 e. The fourth-order valence-corrected chi connectivity index (χ4v) is 2.10. The highest BCUT2D eigenvalue weighted by Gasteiger charge is 2.28. The Balaban J connectivity index is 2.21. The van der Waals surface area contributed by atoms with E-state index in [9.17, 15) is 4.79 Å². The average Bonchev–Trinajstić information content (AvgIpc) is 2.69. The molecule has 1 atom stereocenters. The van der Waals surface area contributed by atoms with Gasteiger partial charge in [-0.25, -0.2) is 4.79 Å². The maximum Gasteiger partial charge on any atom is 0.328 e. The summed E-state index contributed by atoms with van der Waals surface area (Å²) in [6, 6.07) is 3.90. The first-order valence-corrected chi connectivity index (χ1v) is 5.65. The Morgan fingerprint density at radius 2 is 2.25 bits per heavy atom. The Morgan fingerprint density at radius 3 is 2.94 bits per heavy atom. The van der Waals surface area contributed by atoms with Crippen molar-refractivity contribution in [1.29, 1.82) is 0 Å². The van der Waals surface area contributed by atoms with Crippen molar-refractivity contribution in [3.63, 3.8) is 0 Å². The normalized spacial score (nSPS) is 17.8. The molecular formula is C13H17NO2. The summed E-state index contributed by atoms with van der Waals surface area (Å²) in [5, 5.41) is 3.21. The van der Waals surface area contributed by atoms with Crippen LogP contribution in [-0.4, -0.2) is 18.6 Å². The highest BCUT2D eigenvalue weighted by molar-refractivity contribution is 5.83. The number of aryl methyl sites for hydroxylation is 1. The second-order valence-corrected chi connectivity index (χ2v) is 4.19. The van der Waals surface area contributed by atoms with E-state index in [0.717, 1.165) is 12.1 Å². The van der Waals surface area contributed by atoms with Crippen molar-refractivity contribution in [1.82, 2.24) is 0 Å². The molecule has 0 saturated carbocycles. The van der Waals surface area contributed by atoms with E-state index in [-0.39, 0.29) is 12.0 Å². The Morgan fingerprint density at radius 1 is 1.50 bits per heavy atom. The monoisotopic (exact) mass is 219 g/mol. The molecule has 0 aromatic heterocycles. The maximum absolute atomic E-state index is 11.6. The van der Waals surface area contributed by atoms with Crippen LogP contribution in [0, 0.1) is 13.8 Å². The third-order valence-electron chi connectivity index (χ3n) is 3.18. The predicted molar refractivity (Wildman–Crippen MR) is 63.7 cm³/mol. The minimum atomic E-state index is -0.213. The lowest BCUT2D eigenvalue weighted by atomic mass is 10.00. The van der Waals surface area contributed by atoms with Gasteiger partial charge in [0.2, 0.25) is 0 Å². The molecular weight excluding hydrogens is 202 g/mol. The minimum Gasteiger partial charge on any atom is -0.464 e. The summed E-state index contributed by atoms with van der Waals surface area (Å²) in [4.78, 5) is 11.6. The van der Waals surface area contributed by atoms with Gasteiger partial charge >= 0.3 is 5.97 Å². The summed E-state index contributed by atoms with van der Waals surface area (Å²) >= 11 is 0. The average molecular weight is 219 g/mol. The van der Waals surface area contributed by atoms with Crippen molar-refractivity contribution in [2.75, 3.05) is 11.9 Å². The number of benzene rings is 1. The molecule has 1 heterocycles. The number of nitrogens with one attached hydrogen (secondary N) is 1. The molecule has 1 aromatic carbocycles. The third-order valence-corrected chi connectivity index (χ3v) is 3.18. The van der Waals surface area contributed by atoms with Crippen molar-refractivity contribution in [3.8, 4) is 0 Å². The van der Waals surface area contributed by atoms with E-state index in [1.54, 1.807) is 0 Å². The summed E-state index contributed by atoms with van der Waals surface area (Å²) in [7, 11) is 0. The van der Waals surface area contributed by atoms with Crippen LogP contribution >= 0.6 is 0 Å². The fourth-order valence-electron chi connectivity index (χ4n) is 2.10. The molecule has 0 bridgehead atoms. The number of fused-ring (bicyclic) bond motifs is 1. The molecule has 0 radical (unpaired) electrons. The van der Waals surface area contributed by atoms with Crippen LogP contribution in [0.4, 0.5) is 5.69 Å². The van der Waals surface area contributed by atoms with E-state index in [1.807, 2.05) is 13.0 Å². The molecule has 0 spiro atoms. The van der Waals surface area contributed by atoms with Gasteiger partial charge in [-0.2, -0.15) is 0 Å². The Hall–Kier alpha value is -1.51. The Bertz CT molecular complexity index is 426. The van der Waals surface area contributed by atoms with Gasteiger partial charge in [0.1, 0.15) is 6.04 Å². The van der Waals surface area contributed by atoms with Crippen LogP contribution in [0.5, 0.6) is 0 Å². The fraction of sp³-hybridized carbons (Fsp3) is 0.462. The van der Waals surface area contributed by atoms with Crippen molar-refractivity contribution >= 4 is 11.7 Å². The van der Waals surface area contributed by atoms with Crippen LogP contribution in [0.3, 0.4) is 0 Å². The molecule has 16 heavy (non-hydrogen) atoms. The summed E-state index contributed by atoms with van der Waals surface area (Å²) in [6.45, 7) is 6.46. The van der Waals surface area contributed by atoms with Crippen molar-refractivity contribution in [2.24, 2.45) is 0 Å². The summed E-state index contributed by atoms with van der Waals surface area (Å²) in [5.74, 6) is -0.157. The van der Waals surface area contributed by atoms with Gasteiger partial charge in [-0.05, 0) is 43.5 Å². The van der Waals surface area contributed by atoms with Crippen molar-refractivity contribution in [3.05, 3.63) is 28.8 Å². The zero-order valence-electron chi connectivity index (χ0n) is 9.96. The Labute approximate surface area is 95.8 Å². The first kappa shape index (κ1) is 11.0. The number of hydrogen-bond acceptors (Lipinski definition) is 3. The molecule has 1 N–H and O–H groups in total. The second kappa shape index (κ2) is 4.16. The molecule has 86 valence electrons. The number of rotatable bonds is 2. The first-order chi connectivity index (χ1) is 7.63. The lowest BCUT2D eigenvalue weighted by Crippen LogP contribution is -2.29. The number of hydrogen-bond donors (Lipinski definition) is 1. The van der Waals surface area contributed by atoms with Crippen LogP contribution in [0.15, 0.2) is 12.1 Å². The zero-order chi connectivity index (χ0) is 11.7. The minimum absolute atomic E-state index is 0.157. The topological polar surface area (TPSA) is 38.3 Å². The molecule has 0 saturated heterocycles. The summed E-state index contributed by atoms with van der Waals surface area (Å²) < 4.78 is 5.03. The predicted octanol–water partition coefficient (Wildman–Crippen LogP) is 2.20. The number of carbonyl (C=O) groups excluding carboxylic acids is 1. The second-order valence-electron chi connectivity index (χ2n) is 4.19. The summed E-state index contributed by atoms with van der Waals surface area (Å²) in [6.07, 6.45) is 0.738. The van der Waals surface area contributed by atoms with Gasteiger partial charge in [0.05, 0.1) is 6.61 Å². The SMILES string of the molecule is CCOC(=O)C1Cc2c(ccc(C)c2C)N1. The van der Waals surface area contributed by atoms with Crippen molar-refractivity contribution in [2.45, 2.75) is 33.2 Å². The van der Waals surface area contributed by atoms with Crippen LogP contribution < -0.4 is 5.32 Å². The highest BCUT2D eigenvalue weighted by atomic mass is 16.5. The molecule has 2 rings (SSSR count). The van der Waals surface area contributed by atoms with E-state index >= 15 is 0 Å².